The molecule has 0 spiro atoms. The van der Waals surface area contributed by atoms with E-state index in [0.717, 1.165) is 25.7 Å². The van der Waals surface area contributed by atoms with Crippen molar-refractivity contribution in [2.45, 2.75) is 62.8 Å². The molecule has 0 heterocycles. The fourth-order valence-corrected chi connectivity index (χ4v) is 4.57. The highest BCUT2D eigenvalue weighted by Crippen LogP contribution is 2.18. The van der Waals surface area contributed by atoms with E-state index in [2.05, 4.69) is 5.32 Å². The Balaban J connectivity index is 1.97. The molecule has 0 aromatic heterocycles. The lowest BCUT2D eigenvalue weighted by atomic mass is 9.97. The molecule has 6 heteroatoms. The summed E-state index contributed by atoms with van der Waals surface area (Å²) in [5, 5.41) is 3.03. The van der Waals surface area contributed by atoms with Gasteiger partial charge in [0, 0.05) is 12.6 Å². The molecule has 1 aliphatic rings. The molecule has 1 aliphatic carbocycles. The smallest absolute Gasteiger partial charge is 0.243 e. The molecule has 1 fully saturated rings. The van der Waals surface area contributed by atoms with Crippen molar-refractivity contribution in [3.8, 4) is 0 Å². The monoisotopic (exact) mass is 352 g/mol. The van der Waals surface area contributed by atoms with Gasteiger partial charge in [-0.25, -0.2) is 8.42 Å². The van der Waals surface area contributed by atoms with E-state index >= 15 is 0 Å². The molecule has 0 saturated heterocycles. The second-order valence-electron chi connectivity index (χ2n) is 6.35. The van der Waals surface area contributed by atoms with Crippen LogP contribution in [0.4, 0.5) is 0 Å². The number of carbonyl (C=O) groups excluding carboxylic acids is 1. The second kappa shape index (κ2) is 9.18. The van der Waals surface area contributed by atoms with Crippen LogP contribution in [0.5, 0.6) is 0 Å². The van der Waals surface area contributed by atoms with Crippen molar-refractivity contribution < 1.29 is 13.2 Å². The van der Waals surface area contributed by atoms with E-state index in [9.17, 15) is 13.2 Å². The molecule has 1 aromatic rings. The summed E-state index contributed by atoms with van der Waals surface area (Å²) >= 11 is 0. The number of sulfonamides is 1. The van der Waals surface area contributed by atoms with E-state index in [-0.39, 0.29) is 29.9 Å². The maximum atomic E-state index is 12.6. The molecule has 2 rings (SSSR count). The van der Waals surface area contributed by atoms with Gasteiger partial charge in [0.15, 0.2) is 0 Å². The summed E-state index contributed by atoms with van der Waals surface area (Å²) in [4.78, 5) is 12.6. The molecule has 0 radical (unpaired) electrons. The fourth-order valence-electron chi connectivity index (χ4n) is 3.14. The quantitative estimate of drug-likeness (QED) is 0.856. The van der Waals surface area contributed by atoms with Crippen LogP contribution in [0.1, 0.15) is 51.9 Å². The van der Waals surface area contributed by atoms with Crippen LogP contribution in [0.15, 0.2) is 35.2 Å². The van der Waals surface area contributed by atoms with Crippen LogP contribution in [0, 0.1) is 0 Å². The molecule has 1 aromatic carbocycles. The predicted octanol–water partition coefficient (Wildman–Crippen LogP) is 2.93. The van der Waals surface area contributed by atoms with E-state index in [1.54, 1.807) is 37.3 Å². The van der Waals surface area contributed by atoms with E-state index < -0.39 is 10.0 Å². The average Bonchev–Trinajstić information content (AvgIpc) is 2.55. The van der Waals surface area contributed by atoms with Crippen molar-refractivity contribution in [2.75, 3.05) is 13.1 Å². The van der Waals surface area contributed by atoms with Crippen LogP contribution in [-0.2, 0) is 14.8 Å². The van der Waals surface area contributed by atoms with Gasteiger partial charge < -0.3 is 5.32 Å². The molecule has 1 amide bonds. The third-order valence-corrected chi connectivity index (χ3v) is 6.46. The molecule has 5 nitrogen and oxygen atoms in total. The standard InChI is InChI=1S/C18H28N2O3S/c1-2-20(24(22,23)17-13-9-6-10-14-17)15-18(21)19-16-11-7-4-3-5-8-12-16/h6,9-10,13-14,16H,2-5,7-8,11-12,15H2,1H3,(H,19,21). The number of carbonyl (C=O) groups is 1. The lowest BCUT2D eigenvalue weighted by Gasteiger charge is -2.24. The number of hydrogen-bond donors (Lipinski definition) is 1. The fraction of sp³-hybridized carbons (Fsp3) is 0.611. The zero-order valence-electron chi connectivity index (χ0n) is 14.4. The lowest BCUT2D eigenvalue weighted by molar-refractivity contribution is -0.122. The Kier molecular flexibility index (Phi) is 7.24. The molecule has 0 bridgehead atoms. The van der Waals surface area contributed by atoms with Gasteiger partial charge in [0.1, 0.15) is 0 Å². The van der Waals surface area contributed by atoms with Gasteiger partial charge in [-0.05, 0) is 25.0 Å². The number of likely N-dealkylation sites (N-methyl/N-ethyl adjacent to an activating group) is 1. The highest BCUT2D eigenvalue weighted by molar-refractivity contribution is 7.89. The average molecular weight is 352 g/mol. The highest BCUT2D eigenvalue weighted by Gasteiger charge is 2.25. The Hall–Kier alpha value is -1.40. The minimum absolute atomic E-state index is 0.121. The first kappa shape index (κ1) is 18.9. The second-order valence-corrected chi connectivity index (χ2v) is 8.29. The topological polar surface area (TPSA) is 66.5 Å². The van der Waals surface area contributed by atoms with Gasteiger partial charge in [-0.1, -0.05) is 57.2 Å². The Morgan fingerprint density at radius 1 is 1.08 bits per heavy atom. The highest BCUT2D eigenvalue weighted by atomic mass is 32.2. The summed E-state index contributed by atoms with van der Waals surface area (Å²) in [6.07, 6.45) is 7.95. The normalized spacial score (nSPS) is 17.2. The number of rotatable bonds is 6. The van der Waals surface area contributed by atoms with E-state index in [0.29, 0.717) is 0 Å². The summed E-state index contributed by atoms with van der Waals surface area (Å²) in [7, 11) is -3.63. The summed E-state index contributed by atoms with van der Waals surface area (Å²) in [5.41, 5.74) is 0. The predicted molar refractivity (Wildman–Crippen MR) is 95.1 cm³/mol. The lowest BCUT2D eigenvalue weighted by Crippen LogP contribution is -2.44. The van der Waals surface area contributed by atoms with Gasteiger partial charge in [-0.2, -0.15) is 4.31 Å². The van der Waals surface area contributed by atoms with Crippen LogP contribution in [0.3, 0.4) is 0 Å². The minimum atomic E-state index is -3.63. The Labute approximate surface area is 145 Å². The van der Waals surface area contributed by atoms with Crippen molar-refractivity contribution in [1.82, 2.24) is 9.62 Å². The molecule has 0 atom stereocenters. The number of nitrogens with one attached hydrogen (secondary N) is 1. The number of amides is 1. The summed E-state index contributed by atoms with van der Waals surface area (Å²) in [6, 6.07) is 8.45. The van der Waals surface area contributed by atoms with Crippen molar-refractivity contribution in [2.24, 2.45) is 0 Å². The van der Waals surface area contributed by atoms with Crippen LogP contribution in [0.25, 0.3) is 0 Å². The van der Waals surface area contributed by atoms with Crippen molar-refractivity contribution in [1.29, 1.82) is 0 Å². The number of nitrogens with zero attached hydrogens (tertiary/aromatic N) is 1. The van der Waals surface area contributed by atoms with Gasteiger partial charge in [0.25, 0.3) is 0 Å². The first-order valence-electron chi connectivity index (χ1n) is 8.88. The molecule has 1 N–H and O–H groups in total. The van der Waals surface area contributed by atoms with E-state index in [1.807, 2.05) is 0 Å². The maximum Gasteiger partial charge on any atom is 0.243 e. The van der Waals surface area contributed by atoms with Gasteiger partial charge in [0.05, 0.1) is 11.4 Å². The molecule has 0 aliphatic heterocycles. The van der Waals surface area contributed by atoms with Crippen LogP contribution in [0.2, 0.25) is 0 Å². The van der Waals surface area contributed by atoms with Crippen LogP contribution >= 0.6 is 0 Å². The largest absolute Gasteiger partial charge is 0.352 e. The first-order chi connectivity index (χ1) is 11.5. The van der Waals surface area contributed by atoms with Crippen molar-refractivity contribution >= 4 is 15.9 Å². The zero-order chi connectivity index (χ0) is 17.4. The van der Waals surface area contributed by atoms with Crippen molar-refractivity contribution in [3.63, 3.8) is 0 Å². The number of hydrogen-bond acceptors (Lipinski definition) is 3. The zero-order valence-corrected chi connectivity index (χ0v) is 15.2. The third-order valence-electron chi connectivity index (χ3n) is 4.52. The Morgan fingerprint density at radius 3 is 2.25 bits per heavy atom. The molecule has 24 heavy (non-hydrogen) atoms. The third kappa shape index (κ3) is 5.31. The van der Waals surface area contributed by atoms with E-state index in [1.165, 1.54) is 23.6 Å². The maximum absolute atomic E-state index is 12.6. The molecular weight excluding hydrogens is 324 g/mol. The molecule has 134 valence electrons. The van der Waals surface area contributed by atoms with Gasteiger partial charge >= 0.3 is 0 Å². The molecule has 0 unspecified atom stereocenters. The van der Waals surface area contributed by atoms with Crippen molar-refractivity contribution in [3.05, 3.63) is 30.3 Å². The summed E-state index contributed by atoms with van der Waals surface area (Å²) in [6.45, 7) is 1.91. The molecular formula is C18H28N2O3S. The van der Waals surface area contributed by atoms with Gasteiger partial charge in [-0.15, -0.1) is 0 Å². The SMILES string of the molecule is CCN(CC(=O)NC1CCCCCCC1)S(=O)(=O)c1ccccc1. The first-order valence-corrected chi connectivity index (χ1v) is 10.3. The summed E-state index contributed by atoms with van der Waals surface area (Å²) < 4.78 is 26.5. The molecule has 1 saturated carbocycles. The van der Waals surface area contributed by atoms with Gasteiger partial charge in [-0.3, -0.25) is 4.79 Å². The van der Waals surface area contributed by atoms with Crippen LogP contribution < -0.4 is 5.32 Å². The number of benzene rings is 1. The van der Waals surface area contributed by atoms with E-state index in [4.69, 9.17) is 0 Å². The van der Waals surface area contributed by atoms with Crippen LogP contribution in [-0.4, -0.2) is 37.8 Å². The Bertz CT molecular complexity index is 608. The van der Waals surface area contributed by atoms with Gasteiger partial charge in [0.2, 0.25) is 15.9 Å². The Morgan fingerprint density at radius 2 is 1.67 bits per heavy atom. The minimum Gasteiger partial charge on any atom is -0.352 e. The summed E-state index contributed by atoms with van der Waals surface area (Å²) in [5.74, 6) is -0.207.